The maximum absolute atomic E-state index is 9.93. The van der Waals surface area contributed by atoms with E-state index in [2.05, 4.69) is 41.9 Å². The lowest BCUT2D eigenvalue weighted by atomic mass is 9.86. The summed E-state index contributed by atoms with van der Waals surface area (Å²) < 4.78 is 0. The molecule has 0 spiro atoms. The third kappa shape index (κ3) is 3.44. The van der Waals surface area contributed by atoms with Crippen molar-refractivity contribution in [3.63, 3.8) is 0 Å². The molecule has 0 bridgehead atoms. The van der Waals surface area contributed by atoms with E-state index < -0.39 is 0 Å². The summed E-state index contributed by atoms with van der Waals surface area (Å²) in [6, 6.07) is 14.4. The number of hydrogen-bond acceptors (Lipinski definition) is 3. The Hall–Kier alpha value is -1.16. The van der Waals surface area contributed by atoms with Crippen LogP contribution in [0.25, 0.3) is 0 Å². The predicted octanol–water partition coefficient (Wildman–Crippen LogP) is 3.53. The lowest BCUT2D eigenvalue weighted by molar-refractivity contribution is 0.148. The van der Waals surface area contributed by atoms with Crippen LogP contribution in [-0.2, 0) is 12.1 Å². The normalized spacial score (nSPS) is 14.2. The largest absolute Gasteiger partial charge is 0.394 e. The van der Waals surface area contributed by atoms with Gasteiger partial charge in [-0.15, -0.1) is 11.3 Å². The molecule has 1 aromatic heterocycles. The number of aliphatic hydroxyl groups is 1. The summed E-state index contributed by atoms with van der Waals surface area (Å²) in [5.74, 6) is 0. The van der Waals surface area contributed by atoms with Crippen LogP contribution in [0, 0.1) is 0 Å². The van der Waals surface area contributed by atoms with Crippen molar-refractivity contribution in [2.75, 3.05) is 6.61 Å². The molecule has 1 unspecified atom stereocenters. The van der Waals surface area contributed by atoms with E-state index in [4.69, 9.17) is 0 Å². The zero-order chi connectivity index (χ0) is 13.6. The standard InChI is InChI=1S/C16H21NOS/c1-2-10-16(13-18,14-7-4-3-5-8-14)17-12-15-9-6-11-19-15/h3-9,11,17-18H,2,10,12-13H2,1H3. The summed E-state index contributed by atoms with van der Waals surface area (Å²) in [6.45, 7) is 3.07. The Morgan fingerprint density at radius 1 is 1.16 bits per heavy atom. The molecular formula is C16H21NOS. The first kappa shape index (κ1) is 14.3. The first-order valence-electron chi connectivity index (χ1n) is 6.74. The summed E-state index contributed by atoms with van der Waals surface area (Å²) >= 11 is 1.74. The predicted molar refractivity (Wildman–Crippen MR) is 81.3 cm³/mol. The van der Waals surface area contributed by atoms with Crippen molar-refractivity contribution in [2.24, 2.45) is 0 Å². The van der Waals surface area contributed by atoms with Crippen LogP contribution >= 0.6 is 11.3 Å². The van der Waals surface area contributed by atoms with Crippen LogP contribution in [0.3, 0.4) is 0 Å². The third-order valence-electron chi connectivity index (χ3n) is 3.45. The molecule has 1 heterocycles. The van der Waals surface area contributed by atoms with Gasteiger partial charge in [-0.3, -0.25) is 0 Å². The average molecular weight is 275 g/mol. The smallest absolute Gasteiger partial charge is 0.0671 e. The number of aliphatic hydroxyl groups excluding tert-OH is 1. The van der Waals surface area contributed by atoms with Crippen LogP contribution in [0.1, 0.15) is 30.2 Å². The molecule has 1 atom stereocenters. The molecule has 0 saturated carbocycles. The van der Waals surface area contributed by atoms with Crippen molar-refractivity contribution in [2.45, 2.75) is 31.8 Å². The van der Waals surface area contributed by atoms with E-state index in [-0.39, 0.29) is 12.1 Å². The van der Waals surface area contributed by atoms with E-state index in [1.807, 2.05) is 18.2 Å². The van der Waals surface area contributed by atoms with Crippen LogP contribution < -0.4 is 5.32 Å². The molecule has 1 aromatic carbocycles. The van der Waals surface area contributed by atoms with Gasteiger partial charge in [-0.2, -0.15) is 0 Å². The Kier molecular flexibility index (Phi) is 5.14. The van der Waals surface area contributed by atoms with Gasteiger partial charge in [0.05, 0.1) is 12.1 Å². The Morgan fingerprint density at radius 3 is 2.53 bits per heavy atom. The molecule has 102 valence electrons. The summed E-state index contributed by atoms with van der Waals surface area (Å²) in [5, 5.41) is 15.6. The van der Waals surface area contributed by atoms with E-state index >= 15 is 0 Å². The molecular weight excluding hydrogens is 254 g/mol. The van der Waals surface area contributed by atoms with Crippen molar-refractivity contribution >= 4 is 11.3 Å². The van der Waals surface area contributed by atoms with Gasteiger partial charge >= 0.3 is 0 Å². The molecule has 0 amide bonds. The Balaban J connectivity index is 2.18. The molecule has 19 heavy (non-hydrogen) atoms. The van der Waals surface area contributed by atoms with Crippen molar-refractivity contribution in [3.8, 4) is 0 Å². The molecule has 2 aromatic rings. The quantitative estimate of drug-likeness (QED) is 0.810. The summed E-state index contributed by atoms with van der Waals surface area (Å²) in [6.07, 6.45) is 1.96. The molecule has 2 rings (SSSR count). The second-order valence-corrected chi connectivity index (χ2v) is 5.82. The molecule has 0 aliphatic heterocycles. The zero-order valence-corrected chi connectivity index (χ0v) is 12.1. The van der Waals surface area contributed by atoms with Gasteiger partial charge in [-0.05, 0) is 23.4 Å². The van der Waals surface area contributed by atoms with Gasteiger partial charge in [-0.25, -0.2) is 0 Å². The molecule has 2 nitrogen and oxygen atoms in total. The Labute approximate surface area is 119 Å². The molecule has 2 N–H and O–H groups in total. The fraction of sp³-hybridized carbons (Fsp3) is 0.375. The van der Waals surface area contributed by atoms with E-state index in [1.54, 1.807) is 11.3 Å². The van der Waals surface area contributed by atoms with Gasteiger partial charge in [0.1, 0.15) is 0 Å². The van der Waals surface area contributed by atoms with Gasteiger partial charge in [0.15, 0.2) is 0 Å². The molecule has 0 fully saturated rings. The number of thiophene rings is 1. The van der Waals surface area contributed by atoms with Crippen molar-refractivity contribution in [3.05, 3.63) is 58.3 Å². The number of hydrogen-bond donors (Lipinski definition) is 2. The molecule has 0 saturated heterocycles. The van der Waals surface area contributed by atoms with Crippen molar-refractivity contribution in [1.29, 1.82) is 0 Å². The SMILES string of the molecule is CCCC(CO)(NCc1cccs1)c1ccccc1. The summed E-state index contributed by atoms with van der Waals surface area (Å²) in [4.78, 5) is 1.30. The van der Waals surface area contributed by atoms with Crippen molar-refractivity contribution in [1.82, 2.24) is 5.32 Å². The minimum absolute atomic E-state index is 0.121. The van der Waals surface area contributed by atoms with Gasteiger partial charge in [-0.1, -0.05) is 49.7 Å². The lowest BCUT2D eigenvalue weighted by Gasteiger charge is -2.33. The van der Waals surface area contributed by atoms with Gasteiger partial charge in [0.2, 0.25) is 0 Å². The number of nitrogens with one attached hydrogen (secondary N) is 1. The summed E-state index contributed by atoms with van der Waals surface area (Å²) in [5.41, 5.74) is 0.830. The highest BCUT2D eigenvalue weighted by Crippen LogP contribution is 2.27. The lowest BCUT2D eigenvalue weighted by Crippen LogP contribution is -2.45. The second kappa shape index (κ2) is 6.85. The monoisotopic (exact) mass is 275 g/mol. The first-order valence-corrected chi connectivity index (χ1v) is 7.62. The van der Waals surface area contributed by atoms with E-state index in [1.165, 1.54) is 4.88 Å². The van der Waals surface area contributed by atoms with Crippen LogP contribution in [0.2, 0.25) is 0 Å². The molecule has 0 aliphatic carbocycles. The Bertz CT molecular complexity index is 469. The van der Waals surface area contributed by atoms with Crippen molar-refractivity contribution < 1.29 is 5.11 Å². The first-order chi connectivity index (χ1) is 9.30. The maximum Gasteiger partial charge on any atom is 0.0671 e. The Morgan fingerprint density at radius 2 is 1.95 bits per heavy atom. The molecule has 0 radical (unpaired) electrons. The van der Waals surface area contributed by atoms with E-state index in [0.717, 1.165) is 24.9 Å². The second-order valence-electron chi connectivity index (χ2n) is 4.79. The van der Waals surface area contributed by atoms with Gasteiger partial charge in [0.25, 0.3) is 0 Å². The maximum atomic E-state index is 9.93. The van der Waals surface area contributed by atoms with Crippen LogP contribution in [0.4, 0.5) is 0 Å². The number of rotatable bonds is 7. The molecule has 3 heteroatoms. The van der Waals surface area contributed by atoms with E-state index in [9.17, 15) is 5.11 Å². The highest BCUT2D eigenvalue weighted by Gasteiger charge is 2.29. The van der Waals surface area contributed by atoms with E-state index in [0.29, 0.717) is 0 Å². The minimum Gasteiger partial charge on any atom is -0.394 e. The molecule has 0 aliphatic rings. The number of benzene rings is 1. The minimum atomic E-state index is -0.333. The van der Waals surface area contributed by atoms with Gasteiger partial charge < -0.3 is 10.4 Å². The topological polar surface area (TPSA) is 32.3 Å². The zero-order valence-electron chi connectivity index (χ0n) is 11.3. The fourth-order valence-electron chi connectivity index (χ4n) is 2.41. The van der Waals surface area contributed by atoms with Crippen LogP contribution in [0.15, 0.2) is 47.8 Å². The highest BCUT2D eigenvalue weighted by atomic mass is 32.1. The van der Waals surface area contributed by atoms with Gasteiger partial charge in [0, 0.05) is 11.4 Å². The van der Waals surface area contributed by atoms with Crippen LogP contribution in [-0.4, -0.2) is 11.7 Å². The fourth-order valence-corrected chi connectivity index (χ4v) is 3.06. The summed E-state index contributed by atoms with van der Waals surface area (Å²) in [7, 11) is 0. The highest BCUT2D eigenvalue weighted by molar-refractivity contribution is 7.09. The third-order valence-corrected chi connectivity index (χ3v) is 4.33. The van der Waals surface area contributed by atoms with Crippen LogP contribution in [0.5, 0.6) is 0 Å². The average Bonchev–Trinajstić information content (AvgIpc) is 2.98.